The fraction of sp³-hybridized carbons (Fsp3) is 0.400. The van der Waals surface area contributed by atoms with E-state index in [9.17, 15) is 13.6 Å². The number of amides is 1. The minimum Gasteiger partial charge on any atom is -0.395 e. The molecule has 0 aliphatic heterocycles. The van der Waals surface area contributed by atoms with Crippen LogP contribution in [0.15, 0.2) is 18.3 Å². The molecule has 0 fully saturated rings. The predicted molar refractivity (Wildman–Crippen MR) is 61.0 cm³/mol. The third kappa shape index (κ3) is 3.90. The Hall–Kier alpha value is -1.80. The number of aliphatic hydroxyl groups excluding tert-OH is 1. The Morgan fingerprint density at radius 1 is 1.61 bits per heavy atom. The van der Waals surface area contributed by atoms with Gasteiger partial charge in [-0.15, -0.1) is 0 Å². The normalized spacial score (nSPS) is 10.5. The second-order valence-electron chi connectivity index (χ2n) is 3.44. The predicted octanol–water partition coefficient (Wildman–Crippen LogP) is 0.0668. The highest BCUT2D eigenvalue weighted by Gasteiger charge is 2.20. The number of hydrogen-bond acceptors (Lipinski definition) is 5. The van der Waals surface area contributed by atoms with Crippen LogP contribution in [-0.4, -0.2) is 47.0 Å². The number of hydrazine groups is 1. The van der Waals surface area contributed by atoms with Gasteiger partial charge in [-0.2, -0.15) is 0 Å². The van der Waals surface area contributed by atoms with Gasteiger partial charge in [-0.3, -0.25) is 15.6 Å². The van der Waals surface area contributed by atoms with Gasteiger partial charge in [0.15, 0.2) is 0 Å². The summed E-state index contributed by atoms with van der Waals surface area (Å²) in [5.41, 5.74) is 2.75. The van der Waals surface area contributed by atoms with E-state index in [4.69, 9.17) is 10.9 Å². The molecule has 0 aliphatic rings. The number of halogens is 2. The first-order valence-corrected chi connectivity index (χ1v) is 5.19. The van der Waals surface area contributed by atoms with Crippen LogP contribution in [0.4, 0.5) is 14.5 Å². The van der Waals surface area contributed by atoms with Gasteiger partial charge < -0.3 is 15.4 Å². The number of pyridine rings is 1. The van der Waals surface area contributed by atoms with Crippen molar-refractivity contribution in [2.75, 3.05) is 25.1 Å². The topological polar surface area (TPSA) is 91.5 Å². The molecule has 18 heavy (non-hydrogen) atoms. The zero-order chi connectivity index (χ0) is 13.5. The lowest BCUT2D eigenvalue weighted by Crippen LogP contribution is -2.37. The van der Waals surface area contributed by atoms with Crippen LogP contribution < -0.4 is 11.3 Å². The van der Waals surface area contributed by atoms with Gasteiger partial charge in [0.05, 0.1) is 18.8 Å². The highest BCUT2D eigenvalue weighted by atomic mass is 19.3. The lowest BCUT2D eigenvalue weighted by Gasteiger charge is -2.20. The Labute approximate surface area is 102 Å². The fourth-order valence-electron chi connectivity index (χ4n) is 1.36. The van der Waals surface area contributed by atoms with Crippen LogP contribution in [0, 0.1) is 0 Å². The second kappa shape index (κ2) is 6.82. The summed E-state index contributed by atoms with van der Waals surface area (Å²) in [7, 11) is 0. The molecule has 0 saturated heterocycles. The number of hydrogen-bond donors (Lipinski definition) is 3. The number of carbonyl (C=O) groups excluding carboxylic acids is 1. The summed E-state index contributed by atoms with van der Waals surface area (Å²) in [5.74, 6) is 4.49. The molecule has 6 nitrogen and oxygen atoms in total. The number of carbonyl (C=O) groups is 1. The molecule has 1 aromatic heterocycles. The molecule has 0 unspecified atom stereocenters. The third-order valence-electron chi connectivity index (χ3n) is 2.16. The molecular formula is C10H14F2N4O2. The number of aliphatic hydroxyl groups is 1. The molecule has 4 N–H and O–H groups in total. The summed E-state index contributed by atoms with van der Waals surface area (Å²) in [6.07, 6.45) is -1.33. The van der Waals surface area contributed by atoms with Gasteiger partial charge in [-0.25, -0.2) is 8.78 Å². The van der Waals surface area contributed by atoms with Crippen molar-refractivity contribution in [2.24, 2.45) is 5.84 Å². The maximum Gasteiger partial charge on any atom is 0.272 e. The maximum absolute atomic E-state index is 12.3. The second-order valence-corrected chi connectivity index (χ2v) is 3.44. The van der Waals surface area contributed by atoms with Gasteiger partial charge in [0.25, 0.3) is 12.3 Å². The minimum absolute atomic E-state index is 0.0143. The van der Waals surface area contributed by atoms with Crippen LogP contribution in [0.1, 0.15) is 10.5 Å². The SMILES string of the molecule is NNc1ccnc(C(=O)N(CCO)CC(F)F)c1. The lowest BCUT2D eigenvalue weighted by atomic mass is 10.3. The van der Waals surface area contributed by atoms with E-state index in [0.717, 1.165) is 4.90 Å². The fourth-order valence-corrected chi connectivity index (χ4v) is 1.36. The number of nitrogens with zero attached hydrogens (tertiary/aromatic N) is 2. The summed E-state index contributed by atoms with van der Waals surface area (Å²) in [6.45, 7) is -1.32. The van der Waals surface area contributed by atoms with Gasteiger partial charge in [-0.05, 0) is 12.1 Å². The van der Waals surface area contributed by atoms with Crippen molar-refractivity contribution < 1.29 is 18.7 Å². The zero-order valence-corrected chi connectivity index (χ0v) is 9.51. The summed E-state index contributed by atoms with van der Waals surface area (Å²) < 4.78 is 24.6. The Balaban J connectivity index is 2.86. The van der Waals surface area contributed by atoms with Crippen molar-refractivity contribution in [1.29, 1.82) is 0 Å². The van der Waals surface area contributed by atoms with Gasteiger partial charge >= 0.3 is 0 Å². The van der Waals surface area contributed by atoms with Gasteiger partial charge in [-0.1, -0.05) is 0 Å². The van der Waals surface area contributed by atoms with Gasteiger partial charge in [0.1, 0.15) is 5.69 Å². The highest BCUT2D eigenvalue weighted by molar-refractivity contribution is 5.93. The van der Waals surface area contributed by atoms with Gasteiger partial charge in [0, 0.05) is 12.7 Å². The van der Waals surface area contributed by atoms with Crippen LogP contribution in [-0.2, 0) is 0 Å². The molecule has 1 aromatic rings. The summed E-state index contributed by atoms with van der Waals surface area (Å²) >= 11 is 0. The molecule has 0 spiro atoms. The maximum atomic E-state index is 12.3. The first kappa shape index (κ1) is 14.3. The average Bonchev–Trinajstić information content (AvgIpc) is 2.37. The molecule has 0 radical (unpaired) electrons. The molecule has 1 rings (SSSR count). The van der Waals surface area contributed by atoms with E-state index in [1.807, 2.05) is 0 Å². The van der Waals surface area contributed by atoms with E-state index >= 15 is 0 Å². The van der Waals surface area contributed by atoms with Crippen LogP contribution in [0.3, 0.4) is 0 Å². The monoisotopic (exact) mass is 260 g/mol. The number of nitrogen functional groups attached to an aromatic ring is 1. The molecule has 1 amide bonds. The quantitative estimate of drug-likeness (QED) is 0.497. The molecule has 0 aliphatic carbocycles. The summed E-state index contributed by atoms with van der Waals surface area (Å²) in [5, 5.41) is 8.75. The molecule has 0 atom stereocenters. The van der Waals surface area contributed by atoms with Crippen LogP contribution in [0.25, 0.3) is 0 Å². The number of aromatic nitrogens is 1. The van der Waals surface area contributed by atoms with E-state index < -0.39 is 25.5 Å². The molecule has 0 bridgehead atoms. The average molecular weight is 260 g/mol. The van der Waals surface area contributed by atoms with Crippen molar-refractivity contribution >= 4 is 11.6 Å². The van der Waals surface area contributed by atoms with E-state index in [1.165, 1.54) is 18.3 Å². The third-order valence-corrected chi connectivity index (χ3v) is 2.16. The minimum atomic E-state index is -2.67. The highest BCUT2D eigenvalue weighted by Crippen LogP contribution is 2.10. The zero-order valence-electron chi connectivity index (χ0n) is 9.51. The number of anilines is 1. The number of alkyl halides is 2. The summed E-state index contributed by atoms with van der Waals surface area (Å²) in [6, 6.07) is 2.87. The van der Waals surface area contributed by atoms with Crippen LogP contribution >= 0.6 is 0 Å². The molecule has 0 saturated carbocycles. The first-order valence-electron chi connectivity index (χ1n) is 5.19. The Bertz CT molecular complexity index is 403. The van der Waals surface area contributed by atoms with Crippen molar-refractivity contribution in [3.63, 3.8) is 0 Å². The number of nitrogens with one attached hydrogen (secondary N) is 1. The van der Waals surface area contributed by atoms with Gasteiger partial charge in [0.2, 0.25) is 0 Å². The van der Waals surface area contributed by atoms with E-state index in [-0.39, 0.29) is 12.2 Å². The molecule has 100 valence electrons. The van der Waals surface area contributed by atoms with Crippen molar-refractivity contribution in [1.82, 2.24) is 9.88 Å². The van der Waals surface area contributed by atoms with E-state index in [1.54, 1.807) is 0 Å². The lowest BCUT2D eigenvalue weighted by molar-refractivity contribution is 0.0504. The van der Waals surface area contributed by atoms with Crippen molar-refractivity contribution in [3.05, 3.63) is 24.0 Å². The van der Waals surface area contributed by atoms with Crippen molar-refractivity contribution in [2.45, 2.75) is 6.43 Å². The molecular weight excluding hydrogens is 246 g/mol. The molecule has 8 heteroatoms. The van der Waals surface area contributed by atoms with Crippen molar-refractivity contribution in [3.8, 4) is 0 Å². The largest absolute Gasteiger partial charge is 0.395 e. The van der Waals surface area contributed by atoms with Crippen LogP contribution in [0.2, 0.25) is 0 Å². The first-order chi connectivity index (χ1) is 8.58. The van der Waals surface area contributed by atoms with Crippen LogP contribution in [0.5, 0.6) is 0 Å². The molecule has 1 heterocycles. The van der Waals surface area contributed by atoms with E-state index in [0.29, 0.717) is 5.69 Å². The Kier molecular flexibility index (Phi) is 5.40. The summed E-state index contributed by atoms with van der Waals surface area (Å²) in [4.78, 5) is 16.5. The van der Waals surface area contributed by atoms with E-state index in [2.05, 4.69) is 10.4 Å². The Morgan fingerprint density at radius 3 is 2.89 bits per heavy atom. The molecule has 0 aromatic carbocycles. The number of nitrogens with two attached hydrogens (primary N) is 1. The Morgan fingerprint density at radius 2 is 2.33 bits per heavy atom. The smallest absolute Gasteiger partial charge is 0.272 e. The number of rotatable bonds is 6. The standard InChI is InChI=1S/C10H14F2N4O2/c11-9(12)6-16(3-4-17)10(18)8-5-7(15-13)1-2-14-8/h1-2,5,9,17H,3-4,6,13H2,(H,14,15).